The quantitative estimate of drug-likeness (QED) is 0.766. The summed E-state index contributed by atoms with van der Waals surface area (Å²) in [5.74, 6) is 0. The molecule has 2 aromatic rings. The van der Waals surface area contributed by atoms with Crippen molar-refractivity contribution in [2.75, 3.05) is 0 Å². The minimum absolute atomic E-state index is 0.393. The van der Waals surface area contributed by atoms with Gasteiger partial charge in [-0.05, 0) is 72.4 Å². The Kier molecular flexibility index (Phi) is 4.24. The van der Waals surface area contributed by atoms with Crippen LogP contribution in [0.5, 0.6) is 0 Å². The largest absolute Gasteiger partial charge is 0.326 e. The molecule has 1 aliphatic rings. The molecule has 3 rings (SSSR count). The fraction of sp³-hybridized carbons (Fsp3) is 0.429. The molecule has 1 aliphatic carbocycles. The van der Waals surface area contributed by atoms with Crippen LogP contribution in [-0.2, 0) is 19.4 Å². The number of hydrogen-bond acceptors (Lipinski definition) is 2. The molecule has 1 nitrogen and oxygen atoms in total. The van der Waals surface area contributed by atoms with E-state index in [1.165, 1.54) is 45.5 Å². The molecule has 1 aromatic carbocycles. The number of aryl methyl sites for hydroxylation is 2. The third-order valence-corrected chi connectivity index (χ3v) is 6.18. The lowest BCUT2D eigenvalue weighted by molar-refractivity contribution is 0.317. The van der Waals surface area contributed by atoms with Crippen LogP contribution in [0.15, 0.2) is 24.8 Å². The molecule has 0 atom stereocenters. The van der Waals surface area contributed by atoms with Gasteiger partial charge >= 0.3 is 0 Å². The predicted molar refractivity (Wildman–Crippen MR) is 103 cm³/mol. The monoisotopic (exact) mass is 325 g/mol. The van der Waals surface area contributed by atoms with Gasteiger partial charge in [-0.25, -0.2) is 0 Å². The van der Waals surface area contributed by atoms with Crippen molar-refractivity contribution in [3.8, 4) is 10.4 Å². The molecule has 0 saturated heterocycles. The molecule has 1 aromatic heterocycles. The fourth-order valence-electron chi connectivity index (χ4n) is 3.69. The zero-order valence-electron chi connectivity index (χ0n) is 14.8. The number of thiophene rings is 1. The van der Waals surface area contributed by atoms with E-state index >= 15 is 0 Å². The standard InChI is InChI=1S/C21H27NS/c1-13(2)19-17-11-21(4,5)7-6-18(17)23-20(19)16-9-14(3)8-15(10-16)12-22/h8-10H,1,6-7,11-12,22H2,2-5H3. The first-order valence-electron chi connectivity index (χ1n) is 8.42. The maximum atomic E-state index is 5.88. The molecule has 1 heterocycles. The first kappa shape index (κ1) is 16.5. The summed E-state index contributed by atoms with van der Waals surface area (Å²) in [7, 11) is 0. The Morgan fingerprint density at radius 1 is 1.30 bits per heavy atom. The van der Waals surface area contributed by atoms with Crippen molar-refractivity contribution in [3.05, 3.63) is 51.9 Å². The Hall–Kier alpha value is -1.38. The predicted octanol–water partition coefficient (Wildman–Crippen LogP) is 5.73. The van der Waals surface area contributed by atoms with E-state index in [4.69, 9.17) is 5.73 Å². The molecule has 0 radical (unpaired) electrons. The first-order chi connectivity index (χ1) is 10.8. The number of fused-ring (bicyclic) bond motifs is 1. The molecule has 0 saturated carbocycles. The van der Waals surface area contributed by atoms with Crippen molar-refractivity contribution in [1.82, 2.24) is 0 Å². The van der Waals surface area contributed by atoms with Gasteiger partial charge in [0.2, 0.25) is 0 Å². The van der Waals surface area contributed by atoms with Crippen LogP contribution in [-0.4, -0.2) is 0 Å². The third-order valence-electron chi connectivity index (χ3n) is 4.84. The van der Waals surface area contributed by atoms with Gasteiger partial charge in [0.1, 0.15) is 0 Å². The van der Waals surface area contributed by atoms with Crippen LogP contribution in [0.25, 0.3) is 16.0 Å². The van der Waals surface area contributed by atoms with Crippen LogP contribution in [0, 0.1) is 12.3 Å². The van der Waals surface area contributed by atoms with Crippen LogP contribution in [0.1, 0.15) is 54.3 Å². The van der Waals surface area contributed by atoms with Crippen LogP contribution >= 0.6 is 11.3 Å². The summed E-state index contributed by atoms with van der Waals surface area (Å²) in [6, 6.07) is 6.72. The van der Waals surface area contributed by atoms with E-state index in [1.54, 1.807) is 10.4 Å². The molecule has 0 bridgehead atoms. The molecule has 2 heteroatoms. The highest BCUT2D eigenvalue weighted by atomic mass is 32.1. The van der Waals surface area contributed by atoms with E-state index in [0.29, 0.717) is 12.0 Å². The molecule has 0 aliphatic heterocycles. The van der Waals surface area contributed by atoms with Gasteiger partial charge in [0.05, 0.1) is 0 Å². The lowest BCUT2D eigenvalue weighted by Crippen LogP contribution is -2.21. The summed E-state index contributed by atoms with van der Waals surface area (Å²) in [5.41, 5.74) is 14.2. The zero-order chi connectivity index (χ0) is 16.8. The summed E-state index contributed by atoms with van der Waals surface area (Å²) < 4.78 is 0. The van der Waals surface area contributed by atoms with Gasteiger partial charge in [0.15, 0.2) is 0 Å². The van der Waals surface area contributed by atoms with Crippen LogP contribution in [0.3, 0.4) is 0 Å². The van der Waals surface area contributed by atoms with Crippen LogP contribution in [0.2, 0.25) is 0 Å². The minimum atomic E-state index is 0.393. The molecule has 0 amide bonds. The van der Waals surface area contributed by atoms with Crippen LogP contribution < -0.4 is 5.73 Å². The lowest BCUT2D eigenvalue weighted by atomic mass is 9.75. The second kappa shape index (κ2) is 5.92. The van der Waals surface area contributed by atoms with Crippen LogP contribution in [0.4, 0.5) is 0 Å². The second-order valence-electron chi connectivity index (χ2n) is 7.74. The number of hydrogen-bond donors (Lipinski definition) is 1. The van der Waals surface area contributed by atoms with E-state index in [0.717, 1.165) is 6.42 Å². The van der Waals surface area contributed by atoms with E-state index in [9.17, 15) is 0 Å². The molecule has 0 unspecified atom stereocenters. The smallest absolute Gasteiger partial charge is 0.0423 e. The Morgan fingerprint density at radius 3 is 2.70 bits per heavy atom. The van der Waals surface area contributed by atoms with Crippen molar-refractivity contribution in [2.24, 2.45) is 11.1 Å². The van der Waals surface area contributed by atoms with E-state index in [1.807, 2.05) is 11.3 Å². The summed E-state index contributed by atoms with van der Waals surface area (Å²) in [6.07, 6.45) is 3.64. The Balaban J connectivity index is 2.19. The average molecular weight is 326 g/mol. The van der Waals surface area contributed by atoms with Gasteiger partial charge in [0, 0.05) is 16.3 Å². The SMILES string of the molecule is C=C(C)c1c(-c2cc(C)cc(CN)c2)sc2c1CC(C)(C)CC2. The molecular formula is C21H27NS. The number of rotatable bonds is 3. The summed E-state index contributed by atoms with van der Waals surface area (Å²) in [5, 5.41) is 0. The van der Waals surface area contributed by atoms with Crippen molar-refractivity contribution in [1.29, 1.82) is 0 Å². The molecule has 2 N–H and O–H groups in total. The number of nitrogens with two attached hydrogens (primary N) is 1. The summed E-state index contributed by atoms with van der Waals surface area (Å²) in [4.78, 5) is 2.95. The van der Waals surface area contributed by atoms with Gasteiger partial charge < -0.3 is 5.73 Å². The summed E-state index contributed by atoms with van der Waals surface area (Å²) in [6.45, 7) is 13.9. The zero-order valence-corrected chi connectivity index (χ0v) is 15.6. The minimum Gasteiger partial charge on any atom is -0.326 e. The highest BCUT2D eigenvalue weighted by Crippen LogP contribution is 2.47. The van der Waals surface area contributed by atoms with E-state index in [-0.39, 0.29) is 0 Å². The van der Waals surface area contributed by atoms with Gasteiger partial charge in [-0.2, -0.15) is 0 Å². The van der Waals surface area contributed by atoms with E-state index < -0.39 is 0 Å². The highest BCUT2D eigenvalue weighted by molar-refractivity contribution is 7.16. The average Bonchev–Trinajstić information content (AvgIpc) is 2.83. The molecular weight excluding hydrogens is 298 g/mol. The maximum Gasteiger partial charge on any atom is 0.0423 e. The van der Waals surface area contributed by atoms with Crippen molar-refractivity contribution in [2.45, 2.75) is 53.5 Å². The number of allylic oxidation sites excluding steroid dienone is 1. The highest BCUT2D eigenvalue weighted by Gasteiger charge is 2.30. The van der Waals surface area contributed by atoms with Crippen molar-refractivity contribution in [3.63, 3.8) is 0 Å². The fourth-order valence-corrected chi connectivity index (χ4v) is 5.07. The second-order valence-corrected chi connectivity index (χ2v) is 8.85. The molecule has 0 fully saturated rings. The molecule has 122 valence electrons. The van der Waals surface area contributed by atoms with Crippen molar-refractivity contribution >= 4 is 16.9 Å². The number of benzene rings is 1. The third kappa shape index (κ3) is 3.15. The molecule has 23 heavy (non-hydrogen) atoms. The normalized spacial score (nSPS) is 16.2. The Labute approximate surface area is 144 Å². The Morgan fingerprint density at radius 2 is 2.04 bits per heavy atom. The maximum absolute atomic E-state index is 5.88. The van der Waals surface area contributed by atoms with Gasteiger partial charge in [-0.3, -0.25) is 0 Å². The molecule has 0 spiro atoms. The topological polar surface area (TPSA) is 26.0 Å². The van der Waals surface area contributed by atoms with Gasteiger partial charge in [-0.1, -0.05) is 38.1 Å². The Bertz CT molecular complexity index is 764. The van der Waals surface area contributed by atoms with Crippen molar-refractivity contribution < 1.29 is 0 Å². The van der Waals surface area contributed by atoms with Gasteiger partial charge in [0.25, 0.3) is 0 Å². The summed E-state index contributed by atoms with van der Waals surface area (Å²) >= 11 is 1.97. The first-order valence-corrected chi connectivity index (χ1v) is 9.24. The van der Waals surface area contributed by atoms with E-state index in [2.05, 4.69) is 52.5 Å². The lowest BCUT2D eigenvalue weighted by Gasteiger charge is -2.30. The van der Waals surface area contributed by atoms with Gasteiger partial charge in [-0.15, -0.1) is 11.3 Å².